The molecule has 1 N–H and O–H groups in total. The summed E-state index contributed by atoms with van der Waals surface area (Å²) >= 11 is 9.12. The fraction of sp³-hybridized carbons (Fsp3) is 0.167. The largest absolute Gasteiger partial charge is 0.506 e. The lowest BCUT2D eigenvalue weighted by atomic mass is 10.1. The van der Waals surface area contributed by atoms with Crippen LogP contribution >= 0.6 is 34.7 Å². The smallest absolute Gasteiger partial charge is 0.336 e. The Labute approximate surface area is 167 Å². The lowest BCUT2D eigenvalue weighted by Crippen LogP contribution is -2.02. The van der Waals surface area contributed by atoms with Crippen LogP contribution in [0.1, 0.15) is 12.5 Å². The molecule has 27 heavy (non-hydrogen) atoms. The first-order chi connectivity index (χ1) is 13.1. The summed E-state index contributed by atoms with van der Waals surface area (Å²) in [5.41, 5.74) is 0.587. The summed E-state index contributed by atoms with van der Waals surface area (Å²) < 4.78 is 7.22. The lowest BCUT2D eigenvalue weighted by molar-refractivity contribution is 0.473. The first kappa shape index (κ1) is 18.1. The van der Waals surface area contributed by atoms with Crippen molar-refractivity contribution in [3.05, 3.63) is 56.7 Å². The lowest BCUT2D eigenvalue weighted by Gasteiger charge is -2.08. The molecule has 0 unspecified atom stereocenters. The molecule has 0 saturated heterocycles. The van der Waals surface area contributed by atoms with Crippen molar-refractivity contribution in [3.8, 4) is 16.5 Å². The molecule has 0 aliphatic carbocycles. The second-order valence-corrected chi connectivity index (χ2v) is 8.00. The number of aromatic nitrogens is 3. The Hall–Kier alpha value is -2.29. The van der Waals surface area contributed by atoms with E-state index in [1.807, 2.05) is 29.0 Å². The topological polar surface area (TPSA) is 81.2 Å². The normalized spacial score (nSPS) is 11.3. The molecule has 4 rings (SSSR count). The van der Waals surface area contributed by atoms with Crippen molar-refractivity contribution in [3.63, 3.8) is 0 Å². The number of phenolic OH excluding ortho intramolecular Hbond substituents is 1. The standard InChI is InChI=1S/C18H14ClN3O3S2/c1-2-22-17(15-4-3-5-26-15)20-21-18(22)27-9-10-6-16(24)25-14-8-13(23)12(19)7-11(10)14/h3-8,23H,2,9H2,1H3. The number of halogens is 1. The number of fused-ring (bicyclic) bond motifs is 1. The zero-order valence-electron chi connectivity index (χ0n) is 14.2. The van der Waals surface area contributed by atoms with Crippen molar-refractivity contribution in [1.82, 2.24) is 14.8 Å². The van der Waals surface area contributed by atoms with Crippen molar-refractivity contribution in [2.24, 2.45) is 0 Å². The van der Waals surface area contributed by atoms with Gasteiger partial charge in [-0.25, -0.2) is 4.79 Å². The Kier molecular flexibility index (Phi) is 4.94. The van der Waals surface area contributed by atoms with E-state index >= 15 is 0 Å². The molecule has 0 atom stereocenters. The van der Waals surface area contributed by atoms with Crippen LogP contribution in [0.25, 0.3) is 21.7 Å². The molecule has 138 valence electrons. The molecule has 0 saturated carbocycles. The predicted octanol–water partition coefficient (Wildman–Crippen LogP) is 4.78. The van der Waals surface area contributed by atoms with E-state index < -0.39 is 5.63 Å². The van der Waals surface area contributed by atoms with Crippen LogP contribution in [0, 0.1) is 0 Å². The van der Waals surface area contributed by atoms with Crippen LogP contribution in [0.3, 0.4) is 0 Å². The van der Waals surface area contributed by atoms with E-state index in [4.69, 9.17) is 16.0 Å². The van der Waals surface area contributed by atoms with Gasteiger partial charge in [0.25, 0.3) is 0 Å². The Morgan fingerprint density at radius 1 is 1.33 bits per heavy atom. The summed E-state index contributed by atoms with van der Waals surface area (Å²) in [6.45, 7) is 2.78. The maximum absolute atomic E-state index is 11.9. The SMILES string of the molecule is CCn1c(SCc2cc(=O)oc3cc(O)c(Cl)cc23)nnc1-c1cccs1. The van der Waals surface area contributed by atoms with E-state index in [1.165, 1.54) is 23.9 Å². The van der Waals surface area contributed by atoms with E-state index in [0.29, 0.717) is 16.7 Å². The van der Waals surface area contributed by atoms with E-state index in [-0.39, 0.29) is 10.8 Å². The van der Waals surface area contributed by atoms with Crippen LogP contribution < -0.4 is 5.63 Å². The zero-order chi connectivity index (χ0) is 19.0. The molecule has 0 aliphatic rings. The van der Waals surface area contributed by atoms with Crippen LogP contribution in [-0.4, -0.2) is 19.9 Å². The third kappa shape index (κ3) is 3.47. The van der Waals surface area contributed by atoms with Gasteiger partial charge in [-0.3, -0.25) is 0 Å². The van der Waals surface area contributed by atoms with Gasteiger partial charge in [-0.2, -0.15) is 0 Å². The summed E-state index contributed by atoms with van der Waals surface area (Å²) in [5.74, 6) is 1.20. The molecule has 3 heterocycles. The first-order valence-corrected chi connectivity index (χ1v) is 10.4. The number of nitrogens with zero attached hydrogens (tertiary/aromatic N) is 3. The molecule has 0 radical (unpaired) electrons. The van der Waals surface area contributed by atoms with Gasteiger partial charge in [-0.1, -0.05) is 29.4 Å². The molecule has 4 aromatic rings. The average molecular weight is 420 g/mol. The highest BCUT2D eigenvalue weighted by molar-refractivity contribution is 7.98. The molecule has 6 nitrogen and oxygen atoms in total. The third-order valence-corrected chi connectivity index (χ3v) is 6.21. The predicted molar refractivity (Wildman–Crippen MR) is 108 cm³/mol. The second kappa shape index (κ2) is 7.38. The number of hydrogen-bond donors (Lipinski definition) is 1. The van der Waals surface area contributed by atoms with E-state index in [9.17, 15) is 9.90 Å². The first-order valence-electron chi connectivity index (χ1n) is 8.12. The summed E-state index contributed by atoms with van der Waals surface area (Å²) in [5, 5.41) is 22.0. The number of phenols is 1. The Bertz CT molecular complexity index is 1170. The van der Waals surface area contributed by atoms with Gasteiger partial charge in [0.05, 0.1) is 9.90 Å². The van der Waals surface area contributed by atoms with Gasteiger partial charge in [0.1, 0.15) is 11.3 Å². The van der Waals surface area contributed by atoms with Gasteiger partial charge in [0.15, 0.2) is 11.0 Å². The molecular weight excluding hydrogens is 406 g/mol. The number of rotatable bonds is 5. The molecule has 0 spiro atoms. The van der Waals surface area contributed by atoms with Gasteiger partial charge >= 0.3 is 5.63 Å². The molecule has 0 amide bonds. The number of thioether (sulfide) groups is 1. The number of aromatic hydroxyl groups is 1. The number of benzene rings is 1. The maximum atomic E-state index is 11.9. The quantitative estimate of drug-likeness (QED) is 0.370. The fourth-order valence-electron chi connectivity index (χ4n) is 2.77. The van der Waals surface area contributed by atoms with Gasteiger partial charge in [-0.05, 0) is 30.0 Å². The Balaban J connectivity index is 1.68. The van der Waals surface area contributed by atoms with Crippen molar-refractivity contribution < 1.29 is 9.52 Å². The number of hydrogen-bond acceptors (Lipinski definition) is 7. The van der Waals surface area contributed by atoms with Gasteiger partial charge in [0.2, 0.25) is 0 Å². The minimum absolute atomic E-state index is 0.122. The maximum Gasteiger partial charge on any atom is 0.336 e. The minimum Gasteiger partial charge on any atom is -0.506 e. The van der Waals surface area contributed by atoms with Gasteiger partial charge in [0, 0.05) is 29.8 Å². The number of thiophene rings is 1. The molecule has 3 aromatic heterocycles. The van der Waals surface area contributed by atoms with E-state index in [1.54, 1.807) is 17.4 Å². The molecule has 1 aromatic carbocycles. The molecule has 0 fully saturated rings. The highest BCUT2D eigenvalue weighted by Crippen LogP contribution is 2.33. The van der Waals surface area contributed by atoms with Crippen molar-refractivity contribution in [1.29, 1.82) is 0 Å². The zero-order valence-corrected chi connectivity index (χ0v) is 16.6. The van der Waals surface area contributed by atoms with Gasteiger partial charge < -0.3 is 14.1 Å². The molecule has 9 heteroatoms. The Morgan fingerprint density at radius 3 is 2.93 bits per heavy atom. The average Bonchev–Trinajstić information content (AvgIpc) is 3.30. The molecule has 0 bridgehead atoms. The highest BCUT2D eigenvalue weighted by Gasteiger charge is 2.16. The Morgan fingerprint density at radius 2 is 2.19 bits per heavy atom. The highest BCUT2D eigenvalue weighted by atomic mass is 35.5. The summed E-state index contributed by atoms with van der Waals surface area (Å²) in [7, 11) is 0. The summed E-state index contributed by atoms with van der Waals surface area (Å²) in [6, 6.07) is 8.40. The second-order valence-electron chi connectivity index (χ2n) is 5.71. The van der Waals surface area contributed by atoms with Gasteiger partial charge in [-0.15, -0.1) is 21.5 Å². The third-order valence-electron chi connectivity index (χ3n) is 4.03. The van der Waals surface area contributed by atoms with Crippen molar-refractivity contribution >= 4 is 45.7 Å². The van der Waals surface area contributed by atoms with E-state index in [2.05, 4.69) is 10.2 Å². The van der Waals surface area contributed by atoms with Crippen LogP contribution in [0.5, 0.6) is 5.75 Å². The summed E-state index contributed by atoms with van der Waals surface area (Å²) in [4.78, 5) is 12.9. The fourth-order valence-corrected chi connectivity index (χ4v) is 4.64. The van der Waals surface area contributed by atoms with E-state index in [0.717, 1.165) is 28.0 Å². The monoisotopic (exact) mass is 419 g/mol. The van der Waals surface area contributed by atoms with Crippen LogP contribution in [0.4, 0.5) is 0 Å². The van der Waals surface area contributed by atoms with Crippen molar-refractivity contribution in [2.45, 2.75) is 24.4 Å². The van der Waals surface area contributed by atoms with Crippen molar-refractivity contribution in [2.75, 3.05) is 0 Å². The molecule has 0 aliphatic heterocycles. The van der Waals surface area contributed by atoms with Crippen LogP contribution in [0.2, 0.25) is 5.02 Å². The van der Waals surface area contributed by atoms with Crippen LogP contribution in [-0.2, 0) is 12.3 Å². The van der Waals surface area contributed by atoms with Crippen LogP contribution in [0.15, 0.2) is 50.1 Å². The molecular formula is C18H14ClN3O3S2. The minimum atomic E-state index is -0.476. The summed E-state index contributed by atoms with van der Waals surface area (Å²) in [6.07, 6.45) is 0.